The number of benzene rings is 1. The van der Waals surface area contributed by atoms with E-state index in [2.05, 4.69) is 51.2 Å². The first-order valence-electron chi connectivity index (χ1n) is 5.39. The van der Waals surface area contributed by atoms with Crippen molar-refractivity contribution < 1.29 is 0 Å². The van der Waals surface area contributed by atoms with Crippen LogP contribution in [0.25, 0.3) is 0 Å². The minimum atomic E-state index is 0.292. The molecule has 0 unspecified atom stereocenters. The molecule has 0 spiro atoms. The van der Waals surface area contributed by atoms with E-state index in [-0.39, 0.29) is 0 Å². The number of fused-ring (bicyclic) bond motifs is 1. The lowest BCUT2D eigenvalue weighted by Crippen LogP contribution is -2.19. The van der Waals surface area contributed by atoms with Crippen LogP contribution in [0.5, 0.6) is 0 Å². The minimum absolute atomic E-state index is 0.292. The minimum Gasteiger partial charge on any atom is -0.384 e. The van der Waals surface area contributed by atoms with E-state index in [1.807, 2.05) is 0 Å². The van der Waals surface area contributed by atoms with E-state index in [0.29, 0.717) is 11.3 Å². The van der Waals surface area contributed by atoms with Crippen molar-refractivity contribution in [3.8, 4) is 0 Å². The van der Waals surface area contributed by atoms with Crippen molar-refractivity contribution in [2.24, 2.45) is 0 Å². The highest BCUT2D eigenvalue weighted by molar-refractivity contribution is 5.61. The summed E-state index contributed by atoms with van der Waals surface area (Å²) in [5, 5.41) is 3.46. The lowest BCUT2D eigenvalue weighted by atomic mass is 9.85. The smallest absolute Gasteiger partial charge is 0.0379 e. The van der Waals surface area contributed by atoms with Gasteiger partial charge in [0.25, 0.3) is 0 Å². The maximum absolute atomic E-state index is 3.46. The third-order valence-electron chi connectivity index (χ3n) is 3.16. The summed E-state index contributed by atoms with van der Waals surface area (Å²) in [5.41, 5.74) is 4.53. The van der Waals surface area contributed by atoms with E-state index in [4.69, 9.17) is 0 Å². The average molecular weight is 189 g/mol. The molecule has 2 rings (SSSR count). The molecule has 0 aliphatic carbocycles. The average Bonchev–Trinajstić information content (AvgIpc) is 2.42. The van der Waals surface area contributed by atoms with E-state index in [0.717, 1.165) is 6.54 Å². The summed E-state index contributed by atoms with van der Waals surface area (Å²) in [6.07, 6.45) is 0. The van der Waals surface area contributed by atoms with Gasteiger partial charge in [0.2, 0.25) is 0 Å². The van der Waals surface area contributed by atoms with Crippen molar-refractivity contribution in [2.45, 2.75) is 39.0 Å². The fourth-order valence-electron chi connectivity index (χ4n) is 2.05. The summed E-state index contributed by atoms with van der Waals surface area (Å²) in [6, 6.07) is 6.82. The molecule has 0 bridgehead atoms. The van der Waals surface area contributed by atoms with Gasteiger partial charge in [0.15, 0.2) is 0 Å². The third-order valence-corrected chi connectivity index (χ3v) is 3.16. The fourth-order valence-corrected chi connectivity index (χ4v) is 2.05. The number of hydrogen-bond acceptors (Lipinski definition) is 1. The molecular weight excluding hydrogens is 170 g/mol. The Morgan fingerprint density at radius 3 is 2.64 bits per heavy atom. The highest BCUT2D eigenvalue weighted by Gasteiger charge is 2.29. The molecule has 0 aromatic heterocycles. The molecule has 1 heterocycles. The van der Waals surface area contributed by atoms with Crippen LogP contribution in [-0.4, -0.2) is 6.54 Å². The Bertz CT molecular complexity index is 350. The van der Waals surface area contributed by atoms with Gasteiger partial charge in [0.1, 0.15) is 0 Å². The van der Waals surface area contributed by atoms with E-state index in [1.54, 1.807) is 0 Å². The van der Waals surface area contributed by atoms with E-state index < -0.39 is 0 Å². The van der Waals surface area contributed by atoms with E-state index in [9.17, 15) is 0 Å². The summed E-state index contributed by atoms with van der Waals surface area (Å²) in [7, 11) is 0. The van der Waals surface area contributed by atoms with Crippen LogP contribution in [0, 0.1) is 0 Å². The van der Waals surface area contributed by atoms with Crippen LogP contribution in [0.1, 0.15) is 44.7 Å². The van der Waals surface area contributed by atoms with Gasteiger partial charge in [-0.1, -0.05) is 39.8 Å². The molecule has 0 saturated heterocycles. The predicted molar refractivity (Wildman–Crippen MR) is 62.0 cm³/mol. The Labute approximate surface area is 86.5 Å². The SMILES string of the molecule is CC(C)c1ccc2c(c1)C(C)(C)CN2. The fraction of sp³-hybridized carbons (Fsp3) is 0.538. The van der Waals surface area contributed by atoms with Crippen molar-refractivity contribution >= 4 is 5.69 Å². The van der Waals surface area contributed by atoms with Crippen molar-refractivity contribution in [1.29, 1.82) is 0 Å². The maximum Gasteiger partial charge on any atom is 0.0379 e. The Morgan fingerprint density at radius 1 is 1.29 bits per heavy atom. The zero-order valence-corrected chi connectivity index (χ0v) is 9.52. The molecule has 1 aromatic rings. The van der Waals surface area contributed by atoms with Gasteiger partial charge in [-0.3, -0.25) is 0 Å². The molecule has 0 radical (unpaired) electrons. The molecule has 14 heavy (non-hydrogen) atoms. The second-order valence-electron chi connectivity index (χ2n) is 5.20. The molecule has 1 nitrogen and oxygen atoms in total. The molecule has 76 valence electrons. The predicted octanol–water partition coefficient (Wildman–Crippen LogP) is 3.51. The highest BCUT2D eigenvalue weighted by Crippen LogP contribution is 2.37. The van der Waals surface area contributed by atoms with Crippen LogP contribution < -0.4 is 5.32 Å². The monoisotopic (exact) mass is 189 g/mol. The van der Waals surface area contributed by atoms with Gasteiger partial charge in [-0.25, -0.2) is 0 Å². The zero-order valence-electron chi connectivity index (χ0n) is 9.52. The van der Waals surface area contributed by atoms with Crippen LogP contribution in [0.3, 0.4) is 0 Å². The topological polar surface area (TPSA) is 12.0 Å². The summed E-state index contributed by atoms with van der Waals surface area (Å²) in [5.74, 6) is 0.622. The highest BCUT2D eigenvalue weighted by atomic mass is 14.9. The van der Waals surface area contributed by atoms with E-state index in [1.165, 1.54) is 16.8 Å². The van der Waals surface area contributed by atoms with Gasteiger partial charge < -0.3 is 5.32 Å². The first kappa shape index (κ1) is 9.57. The Kier molecular flexibility index (Phi) is 2.06. The standard InChI is InChI=1S/C13H19N/c1-9(2)10-5-6-12-11(7-10)13(3,4)8-14-12/h5-7,9,14H,8H2,1-4H3. The molecule has 1 heteroatoms. The summed E-state index contributed by atoms with van der Waals surface area (Å²) in [6.45, 7) is 10.2. The van der Waals surface area contributed by atoms with E-state index >= 15 is 0 Å². The first-order chi connectivity index (χ1) is 6.50. The van der Waals surface area contributed by atoms with Crippen LogP contribution in [-0.2, 0) is 5.41 Å². The van der Waals surface area contributed by atoms with Crippen LogP contribution in [0.2, 0.25) is 0 Å². The lowest BCUT2D eigenvalue weighted by Gasteiger charge is -2.18. The molecule has 0 saturated carbocycles. The zero-order chi connectivity index (χ0) is 10.3. The number of rotatable bonds is 1. The summed E-state index contributed by atoms with van der Waals surface area (Å²) < 4.78 is 0. The van der Waals surface area contributed by atoms with Crippen LogP contribution >= 0.6 is 0 Å². The van der Waals surface area contributed by atoms with Crippen LogP contribution in [0.4, 0.5) is 5.69 Å². The molecule has 0 atom stereocenters. The summed E-state index contributed by atoms with van der Waals surface area (Å²) in [4.78, 5) is 0. The van der Waals surface area contributed by atoms with Gasteiger partial charge in [-0.05, 0) is 23.1 Å². The van der Waals surface area contributed by atoms with Gasteiger partial charge in [0, 0.05) is 17.6 Å². The Balaban J connectivity index is 2.48. The molecule has 1 aliphatic rings. The van der Waals surface area contributed by atoms with Crippen molar-refractivity contribution in [3.63, 3.8) is 0 Å². The number of hydrogen-bond donors (Lipinski definition) is 1. The molecule has 0 amide bonds. The van der Waals surface area contributed by atoms with Gasteiger partial charge in [-0.2, -0.15) is 0 Å². The molecule has 0 fully saturated rings. The van der Waals surface area contributed by atoms with Gasteiger partial charge in [0.05, 0.1) is 0 Å². The molecule has 1 N–H and O–H groups in total. The second kappa shape index (κ2) is 3.01. The largest absolute Gasteiger partial charge is 0.384 e. The Hall–Kier alpha value is -0.980. The second-order valence-corrected chi connectivity index (χ2v) is 5.20. The third kappa shape index (κ3) is 1.41. The van der Waals surface area contributed by atoms with Crippen LogP contribution in [0.15, 0.2) is 18.2 Å². The van der Waals surface area contributed by atoms with Gasteiger partial charge >= 0.3 is 0 Å². The molecular formula is C13H19N. The quantitative estimate of drug-likeness (QED) is 0.712. The van der Waals surface area contributed by atoms with Crippen molar-refractivity contribution in [3.05, 3.63) is 29.3 Å². The molecule has 1 aromatic carbocycles. The normalized spacial score (nSPS) is 18.1. The first-order valence-corrected chi connectivity index (χ1v) is 5.39. The maximum atomic E-state index is 3.46. The van der Waals surface area contributed by atoms with Gasteiger partial charge in [-0.15, -0.1) is 0 Å². The molecule has 1 aliphatic heterocycles. The van der Waals surface area contributed by atoms with Crippen molar-refractivity contribution in [2.75, 3.05) is 11.9 Å². The lowest BCUT2D eigenvalue weighted by molar-refractivity contribution is 0.585. The number of anilines is 1. The Morgan fingerprint density at radius 2 is 2.00 bits per heavy atom. The van der Waals surface area contributed by atoms with Crippen molar-refractivity contribution in [1.82, 2.24) is 0 Å². The summed E-state index contributed by atoms with van der Waals surface area (Å²) >= 11 is 0. The number of nitrogens with one attached hydrogen (secondary N) is 1.